The predicted molar refractivity (Wildman–Crippen MR) is 65.4 cm³/mol. The zero-order valence-electron chi connectivity index (χ0n) is 9.90. The number of aromatic nitrogens is 2. The molecule has 1 aromatic heterocycles. The Morgan fingerprint density at radius 3 is 2.56 bits per heavy atom. The molecule has 5 heteroatoms. The van der Waals surface area contributed by atoms with Gasteiger partial charge in [0, 0.05) is 19.2 Å². The number of nitrogens with zero attached hydrogens (tertiary/aromatic N) is 3. The zero-order chi connectivity index (χ0) is 11.5. The number of nitrogen functional groups attached to an aromatic ring is 1. The first-order chi connectivity index (χ1) is 7.70. The summed E-state index contributed by atoms with van der Waals surface area (Å²) >= 11 is 0. The summed E-state index contributed by atoms with van der Waals surface area (Å²) in [6.07, 6.45) is 2.45. The third-order valence-corrected chi connectivity index (χ3v) is 2.86. The first kappa shape index (κ1) is 11.1. The second-order valence-electron chi connectivity index (χ2n) is 4.47. The molecule has 0 saturated carbocycles. The van der Waals surface area contributed by atoms with E-state index in [-0.39, 0.29) is 0 Å². The van der Waals surface area contributed by atoms with Gasteiger partial charge in [-0.25, -0.2) is 10.8 Å². The molecule has 0 bridgehead atoms. The summed E-state index contributed by atoms with van der Waals surface area (Å²) in [5.74, 6) is 7.31. The Morgan fingerprint density at radius 2 is 2.00 bits per heavy atom. The Bertz CT molecular complexity index is 357. The summed E-state index contributed by atoms with van der Waals surface area (Å²) in [6.45, 7) is 6.34. The van der Waals surface area contributed by atoms with Gasteiger partial charge in [-0.15, -0.1) is 0 Å². The van der Waals surface area contributed by atoms with Crippen LogP contribution in [0.5, 0.6) is 0 Å². The van der Waals surface area contributed by atoms with E-state index in [0.29, 0.717) is 11.7 Å². The van der Waals surface area contributed by atoms with Gasteiger partial charge < -0.3 is 10.3 Å². The van der Waals surface area contributed by atoms with E-state index in [1.807, 2.05) is 6.07 Å². The van der Waals surface area contributed by atoms with Crippen LogP contribution in [0.3, 0.4) is 0 Å². The molecule has 16 heavy (non-hydrogen) atoms. The number of hydrazine groups is 1. The van der Waals surface area contributed by atoms with E-state index in [4.69, 9.17) is 5.84 Å². The summed E-state index contributed by atoms with van der Waals surface area (Å²) in [5, 5.41) is 0. The lowest BCUT2D eigenvalue weighted by Crippen LogP contribution is -2.22. The molecule has 0 atom stereocenters. The molecule has 0 aromatic carbocycles. The quantitative estimate of drug-likeness (QED) is 0.598. The average Bonchev–Trinajstić information content (AvgIpc) is 2.81. The number of nitrogens with one attached hydrogen (secondary N) is 1. The third-order valence-electron chi connectivity index (χ3n) is 2.86. The third kappa shape index (κ3) is 2.24. The minimum absolute atomic E-state index is 0.386. The fourth-order valence-corrected chi connectivity index (χ4v) is 1.88. The van der Waals surface area contributed by atoms with Crippen LogP contribution in [0.4, 0.5) is 11.8 Å². The van der Waals surface area contributed by atoms with Crippen LogP contribution >= 0.6 is 0 Å². The van der Waals surface area contributed by atoms with Crippen molar-refractivity contribution in [3.8, 4) is 0 Å². The summed E-state index contributed by atoms with van der Waals surface area (Å²) < 4.78 is 0. The van der Waals surface area contributed by atoms with Crippen molar-refractivity contribution in [1.29, 1.82) is 0 Å². The molecule has 1 aromatic rings. The largest absolute Gasteiger partial charge is 0.341 e. The van der Waals surface area contributed by atoms with Crippen molar-refractivity contribution in [3.05, 3.63) is 11.8 Å². The summed E-state index contributed by atoms with van der Waals surface area (Å²) in [6, 6.07) is 1.91. The van der Waals surface area contributed by atoms with Crippen LogP contribution in [0.25, 0.3) is 0 Å². The van der Waals surface area contributed by atoms with Gasteiger partial charge in [-0.1, -0.05) is 13.8 Å². The Morgan fingerprint density at radius 1 is 1.31 bits per heavy atom. The molecule has 0 unspecified atom stereocenters. The topological polar surface area (TPSA) is 67.1 Å². The number of hydrogen-bond donors (Lipinski definition) is 2. The highest BCUT2D eigenvalue weighted by Crippen LogP contribution is 2.21. The zero-order valence-corrected chi connectivity index (χ0v) is 9.90. The highest BCUT2D eigenvalue weighted by Gasteiger charge is 2.17. The van der Waals surface area contributed by atoms with Gasteiger partial charge in [0.2, 0.25) is 5.95 Å². The lowest BCUT2D eigenvalue weighted by molar-refractivity contribution is 0.796. The Hall–Kier alpha value is -1.36. The Balaban J connectivity index is 2.32. The van der Waals surface area contributed by atoms with Crippen LogP contribution in [0.15, 0.2) is 6.07 Å². The van der Waals surface area contributed by atoms with Crippen molar-refractivity contribution < 1.29 is 0 Å². The number of nitrogens with two attached hydrogens (primary N) is 1. The van der Waals surface area contributed by atoms with E-state index in [2.05, 4.69) is 34.1 Å². The van der Waals surface area contributed by atoms with Gasteiger partial charge in [-0.2, -0.15) is 4.98 Å². The van der Waals surface area contributed by atoms with Crippen LogP contribution < -0.4 is 16.2 Å². The molecular formula is C11H19N5. The molecule has 0 radical (unpaired) electrons. The van der Waals surface area contributed by atoms with Crippen molar-refractivity contribution in [1.82, 2.24) is 9.97 Å². The smallest absolute Gasteiger partial charge is 0.227 e. The number of anilines is 2. The molecule has 1 aliphatic rings. The number of hydrogen-bond acceptors (Lipinski definition) is 5. The van der Waals surface area contributed by atoms with Crippen LogP contribution in [0.1, 0.15) is 38.3 Å². The summed E-state index contributed by atoms with van der Waals surface area (Å²) in [5.41, 5.74) is 3.64. The predicted octanol–water partition coefficient (Wildman–Crippen LogP) is 1.49. The van der Waals surface area contributed by atoms with Crippen LogP contribution in [0.2, 0.25) is 0 Å². The molecule has 3 N–H and O–H groups in total. The summed E-state index contributed by atoms with van der Waals surface area (Å²) in [7, 11) is 0. The van der Waals surface area contributed by atoms with Crippen molar-refractivity contribution in [3.63, 3.8) is 0 Å². The molecule has 88 valence electrons. The van der Waals surface area contributed by atoms with Gasteiger partial charge in [0.15, 0.2) is 0 Å². The molecule has 1 aliphatic heterocycles. The van der Waals surface area contributed by atoms with Crippen LogP contribution in [-0.2, 0) is 0 Å². The highest BCUT2D eigenvalue weighted by molar-refractivity contribution is 5.44. The maximum Gasteiger partial charge on any atom is 0.227 e. The van der Waals surface area contributed by atoms with Gasteiger partial charge in [-0.3, -0.25) is 0 Å². The fourth-order valence-electron chi connectivity index (χ4n) is 1.88. The Kier molecular flexibility index (Phi) is 3.24. The minimum atomic E-state index is 0.386. The van der Waals surface area contributed by atoms with Gasteiger partial charge in [0.1, 0.15) is 5.82 Å². The maximum atomic E-state index is 5.43. The van der Waals surface area contributed by atoms with E-state index in [9.17, 15) is 0 Å². The van der Waals surface area contributed by atoms with E-state index in [1.165, 1.54) is 12.8 Å². The molecule has 2 rings (SSSR count). The van der Waals surface area contributed by atoms with Gasteiger partial charge in [-0.05, 0) is 18.8 Å². The molecular weight excluding hydrogens is 202 g/mol. The molecule has 0 amide bonds. The molecule has 0 aliphatic carbocycles. The van der Waals surface area contributed by atoms with Crippen molar-refractivity contribution in [2.75, 3.05) is 23.4 Å². The van der Waals surface area contributed by atoms with Gasteiger partial charge in [0.25, 0.3) is 0 Å². The van der Waals surface area contributed by atoms with Crippen molar-refractivity contribution in [2.24, 2.45) is 5.84 Å². The average molecular weight is 221 g/mol. The Labute approximate surface area is 96.0 Å². The molecule has 1 fully saturated rings. The van der Waals surface area contributed by atoms with E-state index >= 15 is 0 Å². The van der Waals surface area contributed by atoms with E-state index in [1.54, 1.807) is 0 Å². The molecule has 0 spiro atoms. The number of rotatable bonds is 3. The molecule has 2 heterocycles. The second kappa shape index (κ2) is 4.65. The van der Waals surface area contributed by atoms with Gasteiger partial charge >= 0.3 is 0 Å². The van der Waals surface area contributed by atoms with Crippen molar-refractivity contribution >= 4 is 11.8 Å². The lowest BCUT2D eigenvalue weighted by atomic mass is 10.1. The molecule has 1 saturated heterocycles. The minimum Gasteiger partial charge on any atom is -0.341 e. The van der Waals surface area contributed by atoms with Crippen LogP contribution in [-0.4, -0.2) is 23.1 Å². The monoisotopic (exact) mass is 221 g/mol. The second-order valence-corrected chi connectivity index (χ2v) is 4.47. The lowest BCUT2D eigenvalue weighted by Gasteiger charge is -2.17. The fraction of sp³-hybridized carbons (Fsp3) is 0.636. The van der Waals surface area contributed by atoms with E-state index < -0.39 is 0 Å². The molecule has 5 nitrogen and oxygen atoms in total. The normalized spacial score (nSPS) is 15.9. The summed E-state index contributed by atoms with van der Waals surface area (Å²) in [4.78, 5) is 11.2. The van der Waals surface area contributed by atoms with Gasteiger partial charge in [0.05, 0.1) is 5.69 Å². The van der Waals surface area contributed by atoms with Crippen LogP contribution in [0, 0.1) is 0 Å². The SMILES string of the molecule is CC(C)c1cc(NN)nc(N2CCCC2)n1. The highest BCUT2D eigenvalue weighted by atomic mass is 15.3. The first-order valence-corrected chi connectivity index (χ1v) is 5.81. The standard InChI is InChI=1S/C11H19N5/c1-8(2)9-7-10(15-12)14-11(13-9)16-5-3-4-6-16/h7-8H,3-6,12H2,1-2H3,(H,13,14,15). The van der Waals surface area contributed by atoms with E-state index in [0.717, 1.165) is 24.7 Å². The first-order valence-electron chi connectivity index (χ1n) is 5.81. The maximum absolute atomic E-state index is 5.43. The van der Waals surface area contributed by atoms with Crippen molar-refractivity contribution in [2.45, 2.75) is 32.6 Å².